The summed E-state index contributed by atoms with van der Waals surface area (Å²) in [6.45, 7) is 1.71. The molecule has 0 bridgehead atoms. The van der Waals surface area contributed by atoms with Crippen molar-refractivity contribution in [1.29, 1.82) is 0 Å². The number of aromatic nitrogens is 2. The van der Waals surface area contributed by atoms with Crippen LogP contribution in [0.5, 0.6) is 0 Å². The number of hydrogen-bond donors (Lipinski definition) is 2. The summed E-state index contributed by atoms with van der Waals surface area (Å²) in [6, 6.07) is 10.1. The van der Waals surface area contributed by atoms with Gasteiger partial charge < -0.3 is 10.6 Å². The van der Waals surface area contributed by atoms with Crippen LogP contribution in [0.4, 0.5) is 15.9 Å². The molecule has 0 aliphatic carbocycles. The van der Waals surface area contributed by atoms with Crippen molar-refractivity contribution in [2.45, 2.75) is 31.5 Å². The summed E-state index contributed by atoms with van der Waals surface area (Å²) in [5.74, 6) is 0.503. The van der Waals surface area contributed by atoms with Crippen LogP contribution in [0.15, 0.2) is 42.5 Å². The average Bonchev–Trinajstić information content (AvgIpc) is 3.36. The minimum atomic E-state index is -0.532. The number of halogens is 1. The molecule has 11 heteroatoms. The van der Waals surface area contributed by atoms with Crippen LogP contribution >= 0.6 is 11.8 Å². The van der Waals surface area contributed by atoms with Crippen molar-refractivity contribution in [3.8, 4) is 0 Å². The summed E-state index contributed by atoms with van der Waals surface area (Å²) in [5, 5.41) is 21.2. The predicted molar refractivity (Wildman–Crippen MR) is 121 cm³/mol. The molecule has 1 aliphatic rings. The van der Waals surface area contributed by atoms with Gasteiger partial charge in [0.05, 0.1) is 10.6 Å². The van der Waals surface area contributed by atoms with E-state index in [9.17, 15) is 24.1 Å². The summed E-state index contributed by atoms with van der Waals surface area (Å²) in [5.41, 5.74) is 2.82. The summed E-state index contributed by atoms with van der Waals surface area (Å²) in [4.78, 5) is 36.1. The molecule has 170 valence electrons. The molecule has 33 heavy (non-hydrogen) atoms. The Morgan fingerprint density at radius 3 is 2.70 bits per heavy atom. The van der Waals surface area contributed by atoms with Gasteiger partial charge in [-0.2, -0.15) is 16.9 Å². The van der Waals surface area contributed by atoms with E-state index >= 15 is 0 Å². The Morgan fingerprint density at radius 2 is 1.97 bits per heavy atom. The first kappa shape index (κ1) is 22.5. The Hall–Kier alpha value is -3.73. The normalized spacial score (nSPS) is 12.3. The topological polar surface area (TPSA) is 119 Å². The summed E-state index contributed by atoms with van der Waals surface area (Å²) in [6.07, 6.45) is 0. The van der Waals surface area contributed by atoms with E-state index in [4.69, 9.17) is 0 Å². The van der Waals surface area contributed by atoms with E-state index in [-0.39, 0.29) is 36.1 Å². The number of hydrogen-bond acceptors (Lipinski definition) is 6. The molecule has 0 radical (unpaired) electrons. The lowest BCUT2D eigenvalue weighted by atomic mass is 10.1. The lowest BCUT2D eigenvalue weighted by molar-refractivity contribution is -0.385. The molecule has 2 aromatic carbocycles. The zero-order valence-corrected chi connectivity index (χ0v) is 18.4. The van der Waals surface area contributed by atoms with Crippen LogP contribution in [0.3, 0.4) is 0 Å². The smallest absolute Gasteiger partial charge is 0.273 e. The number of nitrogens with one attached hydrogen (secondary N) is 2. The van der Waals surface area contributed by atoms with Gasteiger partial charge in [-0.15, -0.1) is 0 Å². The van der Waals surface area contributed by atoms with E-state index in [1.54, 1.807) is 30.8 Å². The van der Waals surface area contributed by atoms with E-state index in [1.807, 2.05) is 0 Å². The Morgan fingerprint density at radius 1 is 1.21 bits per heavy atom. The second kappa shape index (κ2) is 9.41. The first-order valence-electron chi connectivity index (χ1n) is 10.1. The van der Waals surface area contributed by atoms with E-state index in [0.717, 1.165) is 16.8 Å². The summed E-state index contributed by atoms with van der Waals surface area (Å²) >= 11 is 1.64. The number of thioether (sulfide) groups is 1. The van der Waals surface area contributed by atoms with Gasteiger partial charge in [-0.1, -0.05) is 18.2 Å². The molecular weight excluding hydrogens is 449 g/mol. The van der Waals surface area contributed by atoms with Crippen LogP contribution in [0.1, 0.15) is 32.7 Å². The Balaban J connectivity index is 1.50. The fraction of sp³-hybridized carbons (Fsp3) is 0.227. The number of amides is 2. The first-order chi connectivity index (χ1) is 15.8. The molecule has 1 aromatic heterocycles. The van der Waals surface area contributed by atoms with Crippen LogP contribution in [0, 0.1) is 22.9 Å². The fourth-order valence-electron chi connectivity index (χ4n) is 3.44. The number of nitro groups is 1. The third-order valence-electron chi connectivity index (χ3n) is 5.22. The minimum Gasteiger partial charge on any atom is -0.350 e. The van der Waals surface area contributed by atoms with Crippen LogP contribution < -0.4 is 10.6 Å². The maximum atomic E-state index is 13.0. The number of rotatable bonds is 7. The molecule has 0 saturated heterocycles. The van der Waals surface area contributed by atoms with Gasteiger partial charge in [0.15, 0.2) is 0 Å². The largest absolute Gasteiger partial charge is 0.350 e. The van der Waals surface area contributed by atoms with E-state index in [1.165, 1.54) is 35.0 Å². The fourth-order valence-corrected chi connectivity index (χ4v) is 4.48. The molecule has 0 fully saturated rings. The first-order valence-corrected chi connectivity index (χ1v) is 11.2. The molecule has 0 spiro atoms. The van der Waals surface area contributed by atoms with Gasteiger partial charge in [0.1, 0.15) is 18.2 Å². The van der Waals surface area contributed by atoms with Crippen LogP contribution in [0.25, 0.3) is 0 Å². The zero-order valence-electron chi connectivity index (χ0n) is 17.6. The van der Waals surface area contributed by atoms with E-state index < -0.39 is 10.8 Å². The molecule has 2 amide bonds. The van der Waals surface area contributed by atoms with Crippen molar-refractivity contribution in [1.82, 2.24) is 15.1 Å². The molecule has 0 atom stereocenters. The number of nitrogens with zero attached hydrogens (tertiary/aromatic N) is 3. The third kappa shape index (κ3) is 5.03. The van der Waals surface area contributed by atoms with Crippen molar-refractivity contribution in [3.63, 3.8) is 0 Å². The van der Waals surface area contributed by atoms with E-state index in [0.29, 0.717) is 22.9 Å². The Kier molecular flexibility index (Phi) is 6.40. The van der Waals surface area contributed by atoms with Crippen molar-refractivity contribution in [3.05, 3.63) is 86.3 Å². The second-order valence-electron chi connectivity index (χ2n) is 7.54. The lowest BCUT2D eigenvalue weighted by Gasteiger charge is -2.12. The highest BCUT2D eigenvalue weighted by atomic mass is 32.2. The van der Waals surface area contributed by atoms with Crippen molar-refractivity contribution < 1.29 is 18.9 Å². The van der Waals surface area contributed by atoms with E-state index in [2.05, 4.69) is 15.7 Å². The average molecular weight is 469 g/mol. The number of nitro benzene ring substituents is 1. The Bertz CT molecular complexity index is 1240. The quantitative estimate of drug-likeness (QED) is 0.403. The summed E-state index contributed by atoms with van der Waals surface area (Å²) in [7, 11) is 0. The molecule has 2 heterocycles. The van der Waals surface area contributed by atoms with Crippen molar-refractivity contribution >= 4 is 35.1 Å². The second-order valence-corrected chi connectivity index (χ2v) is 8.53. The SMILES string of the molecule is Cc1ccc(C(=O)Nc2c3c(nn2CC(=O)NCc2ccc(F)cc2)CSC3)cc1[N+](=O)[O-]. The van der Waals surface area contributed by atoms with Gasteiger partial charge >= 0.3 is 0 Å². The zero-order chi connectivity index (χ0) is 23.5. The Labute approximate surface area is 192 Å². The third-order valence-corrected chi connectivity index (χ3v) is 6.19. The number of carbonyl (C=O) groups is 2. The number of aryl methyl sites for hydroxylation is 1. The van der Waals surface area contributed by atoms with Gasteiger partial charge in [-0.3, -0.25) is 19.7 Å². The monoisotopic (exact) mass is 469 g/mol. The van der Waals surface area contributed by atoms with Gasteiger partial charge in [-0.05, 0) is 30.7 Å². The van der Waals surface area contributed by atoms with Crippen molar-refractivity contribution in [2.75, 3.05) is 5.32 Å². The van der Waals surface area contributed by atoms with Crippen LogP contribution in [0.2, 0.25) is 0 Å². The minimum absolute atomic E-state index is 0.122. The van der Waals surface area contributed by atoms with Gasteiger partial charge in [0, 0.05) is 40.8 Å². The van der Waals surface area contributed by atoms with Crippen LogP contribution in [-0.2, 0) is 29.4 Å². The number of carbonyl (C=O) groups excluding carboxylic acids is 2. The van der Waals surface area contributed by atoms with Gasteiger partial charge in [-0.25, -0.2) is 9.07 Å². The standard InChI is InChI=1S/C22H20FN5O4S/c1-13-2-5-15(8-19(13)28(31)32)22(30)25-21-17-11-33-12-18(17)26-27(21)10-20(29)24-9-14-3-6-16(23)7-4-14/h2-8H,9-12H2,1H3,(H,24,29)(H,25,30). The molecule has 0 unspecified atom stereocenters. The highest BCUT2D eigenvalue weighted by molar-refractivity contribution is 7.98. The molecule has 2 N–H and O–H groups in total. The maximum absolute atomic E-state index is 13.0. The van der Waals surface area contributed by atoms with Gasteiger partial charge in [0.2, 0.25) is 5.91 Å². The highest BCUT2D eigenvalue weighted by Gasteiger charge is 2.26. The lowest BCUT2D eigenvalue weighted by Crippen LogP contribution is -2.28. The van der Waals surface area contributed by atoms with Crippen LogP contribution in [-0.4, -0.2) is 26.5 Å². The molecule has 4 rings (SSSR count). The van der Waals surface area contributed by atoms with Gasteiger partial charge in [0.25, 0.3) is 11.6 Å². The molecule has 1 aliphatic heterocycles. The van der Waals surface area contributed by atoms with Crippen molar-refractivity contribution in [2.24, 2.45) is 0 Å². The molecule has 3 aromatic rings. The summed E-state index contributed by atoms with van der Waals surface area (Å²) < 4.78 is 14.5. The number of anilines is 1. The molecule has 0 saturated carbocycles. The highest BCUT2D eigenvalue weighted by Crippen LogP contribution is 2.35. The predicted octanol–water partition coefficient (Wildman–Crippen LogP) is 3.55. The number of benzene rings is 2. The molecular formula is C22H20FN5O4S. The molecule has 9 nitrogen and oxygen atoms in total. The maximum Gasteiger partial charge on any atom is 0.273 e. The number of fused-ring (bicyclic) bond motifs is 1.